The first-order chi connectivity index (χ1) is 8.99. The van der Waals surface area contributed by atoms with Crippen molar-refractivity contribution in [2.75, 3.05) is 0 Å². The highest BCUT2D eigenvalue weighted by atomic mass is 79.9. The Morgan fingerprint density at radius 1 is 1.11 bits per heavy atom. The molecule has 0 radical (unpaired) electrons. The summed E-state index contributed by atoms with van der Waals surface area (Å²) in [6.07, 6.45) is 0.437. The molecule has 0 heterocycles. The van der Waals surface area contributed by atoms with Crippen LogP contribution in [0.15, 0.2) is 40.9 Å². The molecule has 0 aliphatic carbocycles. The smallest absolute Gasteiger partial charge is 0.127 e. The molecule has 0 amide bonds. The zero-order valence-corrected chi connectivity index (χ0v) is 14.3. The van der Waals surface area contributed by atoms with Crippen molar-refractivity contribution in [2.24, 2.45) is 0 Å². The predicted molar refractivity (Wildman–Crippen MR) is 85.9 cm³/mol. The van der Waals surface area contributed by atoms with E-state index < -0.39 is 0 Å². The lowest BCUT2D eigenvalue weighted by Crippen LogP contribution is -2.00. The lowest BCUT2D eigenvalue weighted by Gasteiger charge is -2.14. The maximum absolute atomic E-state index is 13.7. The summed E-state index contributed by atoms with van der Waals surface area (Å²) < 4.78 is 14.7. The standard InChI is InChI=1S/C14H9Br2Cl2F/c15-8-4-5-9(13(18)6-8)11(16)7-10-12(17)2-1-3-14(10)19/h1-6,11H,7H2. The third kappa shape index (κ3) is 3.72. The molecule has 0 aromatic heterocycles. The lowest BCUT2D eigenvalue weighted by atomic mass is 10.0. The summed E-state index contributed by atoms with van der Waals surface area (Å²) in [4.78, 5) is -0.0949. The Morgan fingerprint density at radius 2 is 1.84 bits per heavy atom. The van der Waals surface area contributed by atoms with Crippen LogP contribution in [0.25, 0.3) is 0 Å². The van der Waals surface area contributed by atoms with Gasteiger partial charge in [0.25, 0.3) is 0 Å². The zero-order chi connectivity index (χ0) is 14.0. The average molecular weight is 427 g/mol. The maximum atomic E-state index is 13.7. The Balaban J connectivity index is 2.28. The minimum atomic E-state index is -0.301. The largest absolute Gasteiger partial charge is 0.207 e. The van der Waals surface area contributed by atoms with Crippen LogP contribution in [-0.2, 0) is 6.42 Å². The summed E-state index contributed by atoms with van der Waals surface area (Å²) in [5.74, 6) is -0.301. The number of rotatable bonds is 3. The van der Waals surface area contributed by atoms with E-state index in [0.29, 0.717) is 22.0 Å². The molecule has 0 saturated heterocycles. The van der Waals surface area contributed by atoms with Crippen molar-refractivity contribution < 1.29 is 4.39 Å². The molecule has 1 atom stereocenters. The van der Waals surface area contributed by atoms with Gasteiger partial charge in [0.05, 0.1) is 0 Å². The van der Waals surface area contributed by atoms with Crippen molar-refractivity contribution in [3.8, 4) is 0 Å². The second kappa shape index (κ2) is 6.57. The quantitative estimate of drug-likeness (QED) is 0.486. The van der Waals surface area contributed by atoms with Gasteiger partial charge in [-0.2, -0.15) is 0 Å². The number of halogens is 5. The van der Waals surface area contributed by atoms with Crippen LogP contribution in [0.3, 0.4) is 0 Å². The van der Waals surface area contributed by atoms with Crippen LogP contribution in [0.2, 0.25) is 10.0 Å². The molecule has 2 aromatic rings. The van der Waals surface area contributed by atoms with E-state index in [-0.39, 0.29) is 10.6 Å². The van der Waals surface area contributed by atoms with E-state index in [0.717, 1.165) is 10.0 Å². The number of hydrogen-bond donors (Lipinski definition) is 0. The molecular formula is C14H9Br2Cl2F. The van der Waals surface area contributed by atoms with Crippen LogP contribution in [0.4, 0.5) is 4.39 Å². The monoisotopic (exact) mass is 424 g/mol. The third-order valence-corrected chi connectivity index (χ3v) is 4.74. The molecule has 19 heavy (non-hydrogen) atoms. The molecule has 0 fully saturated rings. The van der Waals surface area contributed by atoms with Crippen LogP contribution in [0, 0.1) is 5.82 Å². The summed E-state index contributed by atoms with van der Waals surface area (Å²) in [6.45, 7) is 0. The molecule has 5 heteroatoms. The lowest BCUT2D eigenvalue weighted by molar-refractivity contribution is 0.608. The fourth-order valence-corrected chi connectivity index (χ4v) is 3.67. The van der Waals surface area contributed by atoms with Gasteiger partial charge in [-0.1, -0.05) is 67.2 Å². The van der Waals surface area contributed by atoms with Gasteiger partial charge in [-0.25, -0.2) is 4.39 Å². The Labute approximate surface area is 138 Å². The van der Waals surface area contributed by atoms with Gasteiger partial charge >= 0.3 is 0 Å². The SMILES string of the molecule is Fc1cccc(Cl)c1CC(Br)c1ccc(Br)cc1Cl. The van der Waals surface area contributed by atoms with Gasteiger partial charge < -0.3 is 0 Å². The minimum Gasteiger partial charge on any atom is -0.207 e. The molecule has 0 aliphatic heterocycles. The Morgan fingerprint density at radius 3 is 2.47 bits per heavy atom. The zero-order valence-electron chi connectivity index (χ0n) is 9.64. The molecular weight excluding hydrogens is 418 g/mol. The van der Waals surface area contributed by atoms with Crippen LogP contribution < -0.4 is 0 Å². The second-order valence-electron chi connectivity index (χ2n) is 4.04. The van der Waals surface area contributed by atoms with Crippen molar-refractivity contribution in [2.45, 2.75) is 11.2 Å². The molecule has 100 valence electrons. The topological polar surface area (TPSA) is 0 Å². The fourth-order valence-electron chi connectivity index (χ4n) is 1.77. The summed E-state index contributed by atoms with van der Waals surface area (Å²) in [5, 5.41) is 1.06. The summed E-state index contributed by atoms with van der Waals surface area (Å²) >= 11 is 19.1. The first kappa shape index (κ1) is 15.3. The van der Waals surface area contributed by atoms with Gasteiger partial charge in [0, 0.05) is 24.9 Å². The van der Waals surface area contributed by atoms with Crippen molar-refractivity contribution in [1.29, 1.82) is 0 Å². The average Bonchev–Trinajstić information content (AvgIpc) is 2.33. The minimum absolute atomic E-state index is 0.0949. The third-order valence-electron chi connectivity index (χ3n) is 2.74. The fraction of sp³-hybridized carbons (Fsp3) is 0.143. The Kier molecular flexibility index (Phi) is 5.29. The van der Waals surface area contributed by atoms with Crippen LogP contribution in [0.5, 0.6) is 0 Å². The van der Waals surface area contributed by atoms with Crippen molar-refractivity contribution in [1.82, 2.24) is 0 Å². The van der Waals surface area contributed by atoms with Crippen molar-refractivity contribution in [3.05, 3.63) is 67.9 Å². The molecule has 0 spiro atoms. The highest BCUT2D eigenvalue weighted by molar-refractivity contribution is 9.10. The molecule has 0 nitrogen and oxygen atoms in total. The van der Waals surface area contributed by atoms with Gasteiger partial charge in [-0.15, -0.1) is 0 Å². The predicted octanol–water partition coefficient (Wildman–Crippen LogP) is 6.57. The van der Waals surface area contributed by atoms with Gasteiger partial charge in [-0.05, 0) is 36.2 Å². The number of alkyl halides is 1. The summed E-state index contributed by atoms with van der Waals surface area (Å²) in [7, 11) is 0. The van der Waals surface area contributed by atoms with Gasteiger partial charge in [0.2, 0.25) is 0 Å². The Hall–Kier alpha value is -0.0900. The van der Waals surface area contributed by atoms with Crippen LogP contribution in [-0.4, -0.2) is 0 Å². The maximum Gasteiger partial charge on any atom is 0.127 e. The molecule has 0 aliphatic rings. The molecule has 0 N–H and O–H groups in total. The Bertz CT molecular complexity index is 582. The molecule has 1 unspecified atom stereocenters. The van der Waals surface area contributed by atoms with E-state index >= 15 is 0 Å². The van der Waals surface area contributed by atoms with E-state index in [1.54, 1.807) is 12.1 Å². The summed E-state index contributed by atoms with van der Waals surface area (Å²) in [5.41, 5.74) is 1.40. The van der Waals surface area contributed by atoms with Crippen molar-refractivity contribution in [3.63, 3.8) is 0 Å². The number of hydrogen-bond acceptors (Lipinski definition) is 0. The highest BCUT2D eigenvalue weighted by Gasteiger charge is 2.16. The van der Waals surface area contributed by atoms with E-state index in [1.807, 2.05) is 18.2 Å². The molecule has 0 saturated carbocycles. The van der Waals surface area contributed by atoms with Crippen LogP contribution in [0.1, 0.15) is 16.0 Å². The van der Waals surface area contributed by atoms with Crippen molar-refractivity contribution >= 4 is 55.1 Å². The van der Waals surface area contributed by atoms with E-state index in [2.05, 4.69) is 31.9 Å². The second-order valence-corrected chi connectivity index (χ2v) is 6.87. The molecule has 0 bridgehead atoms. The van der Waals surface area contributed by atoms with E-state index in [4.69, 9.17) is 23.2 Å². The van der Waals surface area contributed by atoms with E-state index in [1.165, 1.54) is 6.07 Å². The van der Waals surface area contributed by atoms with E-state index in [9.17, 15) is 4.39 Å². The number of benzene rings is 2. The van der Waals surface area contributed by atoms with Gasteiger partial charge in [0.1, 0.15) is 5.82 Å². The highest BCUT2D eigenvalue weighted by Crippen LogP contribution is 2.35. The first-order valence-electron chi connectivity index (χ1n) is 5.51. The first-order valence-corrected chi connectivity index (χ1v) is 7.97. The summed E-state index contributed by atoms with van der Waals surface area (Å²) in [6, 6.07) is 10.3. The van der Waals surface area contributed by atoms with Gasteiger partial charge in [0.15, 0.2) is 0 Å². The van der Waals surface area contributed by atoms with Crippen LogP contribution >= 0.6 is 55.1 Å². The van der Waals surface area contributed by atoms with Gasteiger partial charge in [-0.3, -0.25) is 0 Å². The molecule has 2 rings (SSSR count). The molecule has 2 aromatic carbocycles. The normalized spacial score (nSPS) is 12.5.